The molecule has 0 aromatic rings. The van der Waals surface area contributed by atoms with Crippen molar-refractivity contribution in [2.24, 2.45) is 0 Å². The van der Waals surface area contributed by atoms with Gasteiger partial charge in [-0.05, 0) is 37.1 Å². The maximum Gasteiger partial charge on any atom is -0.00490 e. The van der Waals surface area contributed by atoms with Gasteiger partial charge in [0.05, 0.1) is 0 Å². The molecule has 0 bridgehead atoms. The molecule has 0 amide bonds. The number of hydrogen-bond donors (Lipinski definition) is 1. The van der Waals surface area contributed by atoms with E-state index >= 15 is 0 Å². The van der Waals surface area contributed by atoms with Crippen LogP contribution in [0, 0.1) is 0 Å². The van der Waals surface area contributed by atoms with Crippen LogP contribution in [0.2, 0.25) is 0 Å². The zero-order chi connectivity index (χ0) is 10.9. The molecule has 0 unspecified atom stereocenters. The van der Waals surface area contributed by atoms with Crippen molar-refractivity contribution in [1.29, 1.82) is 0 Å². The van der Waals surface area contributed by atoms with E-state index in [1.165, 1.54) is 49.9 Å². The van der Waals surface area contributed by atoms with Gasteiger partial charge >= 0.3 is 0 Å². The number of rotatable bonds is 6. The summed E-state index contributed by atoms with van der Waals surface area (Å²) in [5, 5.41) is 3.39. The molecule has 2 aliphatic rings. The van der Waals surface area contributed by atoms with Crippen molar-refractivity contribution < 1.29 is 0 Å². The summed E-state index contributed by atoms with van der Waals surface area (Å²) in [4.78, 5) is 0. The van der Waals surface area contributed by atoms with Crippen molar-refractivity contribution in [2.45, 2.75) is 39.5 Å². The molecule has 0 aromatic carbocycles. The lowest BCUT2D eigenvalue weighted by molar-refractivity contribution is 0.611. The van der Waals surface area contributed by atoms with E-state index in [2.05, 4.69) is 43.4 Å². The molecule has 0 atom stereocenters. The van der Waals surface area contributed by atoms with Crippen LogP contribution in [0.25, 0.3) is 11.1 Å². The highest BCUT2D eigenvalue weighted by atomic mass is 14.8. The van der Waals surface area contributed by atoms with Gasteiger partial charge in [-0.3, -0.25) is 0 Å². The number of unbranched alkanes of at least 4 members (excludes halogenated alkanes) is 2. The van der Waals surface area contributed by atoms with Gasteiger partial charge in [-0.15, -0.1) is 0 Å². The van der Waals surface area contributed by atoms with Crippen LogP contribution in [0.1, 0.15) is 39.5 Å². The molecule has 0 fully saturated rings. The third-order valence-corrected chi connectivity index (χ3v) is 2.63. The molecule has 0 aliphatic heterocycles. The summed E-state index contributed by atoms with van der Waals surface area (Å²) in [6.45, 7) is 6.86. The first kappa shape index (κ1) is 12.3. The highest BCUT2D eigenvalue weighted by Gasteiger charge is 2.03. The van der Waals surface area contributed by atoms with Crippen molar-refractivity contribution in [3.63, 3.8) is 0 Å². The first-order valence-electron chi connectivity index (χ1n) is 6.19. The lowest BCUT2D eigenvalue weighted by atomic mass is 9.95. The van der Waals surface area contributed by atoms with Crippen molar-refractivity contribution in [3.8, 4) is 11.1 Å². The van der Waals surface area contributed by atoms with E-state index in [1.807, 2.05) is 0 Å². The topological polar surface area (TPSA) is 12.0 Å². The van der Waals surface area contributed by atoms with Crippen LogP contribution in [0.4, 0.5) is 0 Å². The molecule has 0 heterocycles. The third-order valence-electron chi connectivity index (χ3n) is 2.63. The Balaban J connectivity index is 0.000000158. The number of nitrogens with one attached hydrogen (secondary N) is 1. The predicted octanol–water partition coefficient (Wildman–Crippen LogP) is 3.84. The molecule has 0 spiro atoms. The van der Waals surface area contributed by atoms with Gasteiger partial charge in [0, 0.05) is 0 Å². The standard InChI is InChI=1S/C8H19N.C6H4/c1-3-5-7-9-8-6-4-2;1-2-6-4-3-5(1)6/h9H,3-8H2,1-2H3;1-4H. The fourth-order valence-corrected chi connectivity index (χ4v) is 1.39. The summed E-state index contributed by atoms with van der Waals surface area (Å²) in [7, 11) is 0. The monoisotopic (exact) mass is 205 g/mol. The molecule has 15 heavy (non-hydrogen) atoms. The first-order chi connectivity index (χ1) is 7.38. The van der Waals surface area contributed by atoms with E-state index in [9.17, 15) is 0 Å². The van der Waals surface area contributed by atoms with Crippen LogP contribution in [0.15, 0.2) is 24.3 Å². The number of fused-ring (bicyclic) bond motifs is 1. The van der Waals surface area contributed by atoms with Gasteiger partial charge in [0.1, 0.15) is 0 Å². The van der Waals surface area contributed by atoms with E-state index in [1.54, 1.807) is 0 Å². The summed E-state index contributed by atoms with van der Waals surface area (Å²) in [5.41, 5.74) is 2.85. The first-order valence-corrected chi connectivity index (χ1v) is 6.19. The average molecular weight is 205 g/mol. The minimum atomic E-state index is 1.20. The molecule has 2 aliphatic carbocycles. The fraction of sp³-hybridized carbons (Fsp3) is 0.571. The molecule has 0 aromatic heterocycles. The Hall–Kier alpha value is -0.820. The molecule has 1 heteroatoms. The SMILES string of the molecule is CCCCNCCCC.c1cc2ccc1-2. The smallest absolute Gasteiger partial charge is 0.00490 e. The van der Waals surface area contributed by atoms with Crippen LogP contribution in [0.5, 0.6) is 0 Å². The highest BCUT2D eigenvalue weighted by Crippen LogP contribution is 2.29. The van der Waals surface area contributed by atoms with Crippen molar-refractivity contribution >= 4 is 0 Å². The quantitative estimate of drug-likeness (QED) is 0.706. The Morgan fingerprint density at radius 1 is 0.800 bits per heavy atom. The van der Waals surface area contributed by atoms with Crippen LogP contribution in [0.3, 0.4) is 0 Å². The third kappa shape index (κ3) is 4.48. The Bertz CT molecular complexity index is 224. The zero-order valence-corrected chi connectivity index (χ0v) is 10.1. The summed E-state index contributed by atoms with van der Waals surface area (Å²) >= 11 is 0. The lowest BCUT2D eigenvalue weighted by Gasteiger charge is -2.10. The summed E-state index contributed by atoms with van der Waals surface area (Å²) in [5.74, 6) is 0. The van der Waals surface area contributed by atoms with Crippen LogP contribution in [-0.4, -0.2) is 13.1 Å². The number of hydrogen-bond acceptors (Lipinski definition) is 1. The van der Waals surface area contributed by atoms with Gasteiger partial charge in [0.15, 0.2) is 0 Å². The minimum Gasteiger partial charge on any atom is -0.317 e. The molecule has 0 saturated carbocycles. The Labute approximate surface area is 93.9 Å². The average Bonchev–Trinajstić information content (AvgIpc) is 2.24. The summed E-state index contributed by atoms with van der Waals surface area (Å²) in [6, 6.07) is 8.48. The van der Waals surface area contributed by atoms with E-state index in [-0.39, 0.29) is 0 Å². The Morgan fingerprint density at radius 3 is 1.40 bits per heavy atom. The van der Waals surface area contributed by atoms with Gasteiger partial charge in [0.25, 0.3) is 0 Å². The zero-order valence-electron chi connectivity index (χ0n) is 10.1. The van der Waals surface area contributed by atoms with Gasteiger partial charge in [-0.1, -0.05) is 51.0 Å². The normalized spacial score (nSPS) is 10.5. The number of benzene rings is 1. The van der Waals surface area contributed by atoms with Crippen molar-refractivity contribution in [2.75, 3.05) is 13.1 Å². The van der Waals surface area contributed by atoms with Gasteiger partial charge < -0.3 is 5.32 Å². The lowest BCUT2D eigenvalue weighted by Crippen LogP contribution is -2.15. The molecular formula is C14H23N. The molecular weight excluding hydrogens is 182 g/mol. The summed E-state index contributed by atoms with van der Waals surface area (Å²) in [6.07, 6.45) is 5.26. The molecule has 2 rings (SSSR count). The second-order valence-corrected chi connectivity index (χ2v) is 4.03. The molecule has 0 saturated heterocycles. The minimum absolute atomic E-state index is 1.20. The summed E-state index contributed by atoms with van der Waals surface area (Å²) < 4.78 is 0. The van der Waals surface area contributed by atoms with E-state index in [0.717, 1.165) is 0 Å². The Morgan fingerprint density at radius 2 is 1.20 bits per heavy atom. The molecule has 1 N–H and O–H groups in total. The molecule has 84 valence electrons. The van der Waals surface area contributed by atoms with Crippen LogP contribution < -0.4 is 5.32 Å². The van der Waals surface area contributed by atoms with E-state index in [4.69, 9.17) is 0 Å². The second kappa shape index (κ2) is 7.47. The maximum absolute atomic E-state index is 3.39. The van der Waals surface area contributed by atoms with Crippen LogP contribution in [-0.2, 0) is 0 Å². The van der Waals surface area contributed by atoms with Crippen molar-refractivity contribution in [3.05, 3.63) is 24.3 Å². The largest absolute Gasteiger partial charge is 0.317 e. The second-order valence-electron chi connectivity index (χ2n) is 4.03. The maximum atomic E-state index is 3.39. The Kier molecular flexibility index (Phi) is 6.10. The van der Waals surface area contributed by atoms with E-state index < -0.39 is 0 Å². The van der Waals surface area contributed by atoms with E-state index in [0.29, 0.717) is 0 Å². The molecule has 0 radical (unpaired) electrons. The highest BCUT2D eigenvalue weighted by molar-refractivity contribution is 5.75. The van der Waals surface area contributed by atoms with Gasteiger partial charge in [-0.25, -0.2) is 0 Å². The van der Waals surface area contributed by atoms with Crippen molar-refractivity contribution in [1.82, 2.24) is 5.32 Å². The van der Waals surface area contributed by atoms with Gasteiger partial charge in [-0.2, -0.15) is 0 Å². The van der Waals surface area contributed by atoms with Gasteiger partial charge in [0.2, 0.25) is 0 Å². The van der Waals surface area contributed by atoms with Crippen LogP contribution >= 0.6 is 0 Å². The molecule has 1 nitrogen and oxygen atoms in total. The fourth-order valence-electron chi connectivity index (χ4n) is 1.39. The predicted molar refractivity (Wildman–Crippen MR) is 68.1 cm³/mol.